The zero-order chi connectivity index (χ0) is 15.2. The Bertz CT molecular complexity index is 568. The number of ether oxygens (including phenoxy) is 1. The first-order chi connectivity index (χ1) is 10.9. The van der Waals surface area contributed by atoms with Crippen LogP contribution in [0.4, 0.5) is 0 Å². The van der Waals surface area contributed by atoms with Crippen molar-refractivity contribution in [2.75, 3.05) is 19.7 Å². The van der Waals surface area contributed by atoms with Gasteiger partial charge in [-0.15, -0.1) is 0 Å². The Balaban J connectivity index is 1.62. The summed E-state index contributed by atoms with van der Waals surface area (Å²) in [5, 5.41) is 12.9. The molecule has 0 radical (unpaired) electrons. The Morgan fingerprint density at radius 2 is 1.82 bits per heavy atom. The number of rotatable bonds is 5. The molecule has 1 fully saturated rings. The Hall–Kier alpha value is -1.84. The molecule has 0 spiro atoms. The van der Waals surface area contributed by atoms with Gasteiger partial charge in [-0.1, -0.05) is 42.5 Å². The number of aliphatic hydroxyl groups is 1. The Morgan fingerprint density at radius 1 is 1.05 bits per heavy atom. The zero-order valence-corrected chi connectivity index (χ0v) is 12.7. The maximum Gasteiger partial charge on any atom is 0.119 e. The van der Waals surface area contributed by atoms with E-state index in [1.807, 2.05) is 30.3 Å². The molecular weight excluding hydrogens is 274 g/mol. The van der Waals surface area contributed by atoms with E-state index in [-0.39, 0.29) is 6.61 Å². The number of piperidine rings is 1. The van der Waals surface area contributed by atoms with Gasteiger partial charge in [-0.3, -0.25) is 0 Å². The molecule has 1 aliphatic heterocycles. The van der Waals surface area contributed by atoms with Crippen molar-refractivity contribution in [3.63, 3.8) is 0 Å². The minimum atomic E-state index is 0.240. The van der Waals surface area contributed by atoms with Crippen molar-refractivity contribution in [1.82, 2.24) is 5.32 Å². The van der Waals surface area contributed by atoms with Gasteiger partial charge in [0.25, 0.3) is 0 Å². The van der Waals surface area contributed by atoms with Gasteiger partial charge in [0, 0.05) is 19.1 Å². The standard InChI is InChI=1S/C19H23NO2/c21-13-17-12-20-11-10-19(17)16-6-8-18(9-7-16)22-14-15-4-2-1-3-5-15/h1-9,17,19-21H,10-14H2. The maximum atomic E-state index is 9.52. The lowest BCUT2D eigenvalue weighted by Gasteiger charge is -2.31. The first-order valence-electron chi connectivity index (χ1n) is 7.95. The van der Waals surface area contributed by atoms with Gasteiger partial charge in [0.1, 0.15) is 12.4 Å². The molecule has 2 atom stereocenters. The number of hydrogen-bond acceptors (Lipinski definition) is 3. The molecular formula is C19H23NO2. The first-order valence-corrected chi connectivity index (χ1v) is 7.95. The predicted octanol–water partition coefficient (Wildman–Crippen LogP) is 2.95. The van der Waals surface area contributed by atoms with Crippen LogP contribution in [-0.4, -0.2) is 24.8 Å². The van der Waals surface area contributed by atoms with Gasteiger partial charge in [-0.05, 0) is 42.1 Å². The summed E-state index contributed by atoms with van der Waals surface area (Å²) in [5.41, 5.74) is 2.47. The third kappa shape index (κ3) is 3.67. The second-order valence-electron chi connectivity index (χ2n) is 5.89. The van der Waals surface area contributed by atoms with Gasteiger partial charge in [0.2, 0.25) is 0 Å². The predicted molar refractivity (Wildman–Crippen MR) is 88.0 cm³/mol. The van der Waals surface area contributed by atoms with Crippen molar-refractivity contribution in [1.29, 1.82) is 0 Å². The van der Waals surface area contributed by atoms with Crippen LogP contribution in [0.5, 0.6) is 5.75 Å². The van der Waals surface area contributed by atoms with Crippen LogP contribution in [0.15, 0.2) is 54.6 Å². The lowest BCUT2D eigenvalue weighted by atomic mass is 9.81. The fourth-order valence-electron chi connectivity index (χ4n) is 3.11. The number of aliphatic hydroxyl groups excluding tert-OH is 1. The molecule has 2 unspecified atom stereocenters. The Morgan fingerprint density at radius 3 is 2.55 bits per heavy atom. The van der Waals surface area contributed by atoms with E-state index >= 15 is 0 Å². The monoisotopic (exact) mass is 297 g/mol. The van der Waals surface area contributed by atoms with E-state index in [0.29, 0.717) is 18.4 Å². The quantitative estimate of drug-likeness (QED) is 0.891. The van der Waals surface area contributed by atoms with Crippen molar-refractivity contribution in [3.05, 3.63) is 65.7 Å². The summed E-state index contributed by atoms with van der Waals surface area (Å²) in [6.45, 7) is 2.75. The van der Waals surface area contributed by atoms with Gasteiger partial charge in [0.15, 0.2) is 0 Å². The molecule has 0 aromatic heterocycles. The summed E-state index contributed by atoms with van der Waals surface area (Å²) in [6, 6.07) is 18.5. The lowest BCUT2D eigenvalue weighted by molar-refractivity contribution is 0.179. The molecule has 2 N–H and O–H groups in total. The number of benzene rings is 2. The van der Waals surface area contributed by atoms with Crippen LogP contribution < -0.4 is 10.1 Å². The molecule has 1 saturated heterocycles. The van der Waals surface area contributed by atoms with E-state index in [1.165, 1.54) is 11.1 Å². The topological polar surface area (TPSA) is 41.5 Å². The summed E-state index contributed by atoms with van der Waals surface area (Å²) in [4.78, 5) is 0. The molecule has 3 nitrogen and oxygen atoms in total. The second-order valence-corrected chi connectivity index (χ2v) is 5.89. The molecule has 3 heteroatoms. The molecule has 22 heavy (non-hydrogen) atoms. The van der Waals surface area contributed by atoms with Crippen LogP contribution in [0.1, 0.15) is 23.5 Å². The normalized spacial score (nSPS) is 21.5. The lowest BCUT2D eigenvalue weighted by Crippen LogP contribution is -2.37. The van der Waals surface area contributed by atoms with Crippen molar-refractivity contribution in [3.8, 4) is 5.75 Å². The Kier molecular flexibility index (Phi) is 5.09. The largest absolute Gasteiger partial charge is 0.489 e. The molecule has 2 aromatic rings. The summed E-state index contributed by atoms with van der Waals surface area (Å²) in [5.74, 6) is 1.64. The fraction of sp³-hybridized carbons (Fsp3) is 0.368. The van der Waals surface area contributed by atoms with Crippen molar-refractivity contribution in [2.45, 2.75) is 18.9 Å². The molecule has 2 aromatic carbocycles. The average Bonchev–Trinajstić information content (AvgIpc) is 2.61. The van der Waals surface area contributed by atoms with Crippen molar-refractivity contribution in [2.24, 2.45) is 5.92 Å². The van der Waals surface area contributed by atoms with E-state index in [2.05, 4.69) is 29.6 Å². The second kappa shape index (κ2) is 7.43. The van der Waals surface area contributed by atoms with Crippen LogP contribution in [-0.2, 0) is 6.61 Å². The molecule has 0 bridgehead atoms. The maximum absolute atomic E-state index is 9.52. The van der Waals surface area contributed by atoms with Crippen LogP contribution in [0.25, 0.3) is 0 Å². The summed E-state index contributed by atoms with van der Waals surface area (Å²) >= 11 is 0. The Labute approximate surface area is 131 Å². The number of hydrogen-bond donors (Lipinski definition) is 2. The van der Waals surface area contributed by atoms with Gasteiger partial charge in [0.05, 0.1) is 0 Å². The third-order valence-electron chi connectivity index (χ3n) is 4.40. The highest BCUT2D eigenvalue weighted by Gasteiger charge is 2.25. The minimum absolute atomic E-state index is 0.240. The van der Waals surface area contributed by atoms with E-state index in [1.54, 1.807) is 0 Å². The van der Waals surface area contributed by atoms with Gasteiger partial charge in [-0.2, -0.15) is 0 Å². The zero-order valence-electron chi connectivity index (χ0n) is 12.7. The molecule has 0 saturated carbocycles. The third-order valence-corrected chi connectivity index (χ3v) is 4.40. The van der Waals surface area contributed by atoms with E-state index in [9.17, 15) is 5.11 Å². The van der Waals surface area contributed by atoms with Crippen LogP contribution >= 0.6 is 0 Å². The smallest absolute Gasteiger partial charge is 0.119 e. The number of nitrogens with one attached hydrogen (secondary N) is 1. The fourth-order valence-corrected chi connectivity index (χ4v) is 3.11. The van der Waals surface area contributed by atoms with Crippen LogP contribution in [0.3, 0.4) is 0 Å². The van der Waals surface area contributed by atoms with Gasteiger partial charge < -0.3 is 15.2 Å². The highest BCUT2D eigenvalue weighted by atomic mass is 16.5. The van der Waals surface area contributed by atoms with Crippen molar-refractivity contribution >= 4 is 0 Å². The van der Waals surface area contributed by atoms with Crippen LogP contribution in [0.2, 0.25) is 0 Å². The van der Waals surface area contributed by atoms with E-state index in [4.69, 9.17) is 4.74 Å². The molecule has 3 rings (SSSR count). The molecule has 0 amide bonds. The molecule has 0 aliphatic carbocycles. The molecule has 1 aliphatic rings. The van der Waals surface area contributed by atoms with Gasteiger partial charge >= 0.3 is 0 Å². The average molecular weight is 297 g/mol. The summed E-state index contributed by atoms with van der Waals surface area (Å²) < 4.78 is 5.83. The highest BCUT2D eigenvalue weighted by molar-refractivity contribution is 5.30. The highest BCUT2D eigenvalue weighted by Crippen LogP contribution is 2.31. The minimum Gasteiger partial charge on any atom is -0.489 e. The first kappa shape index (κ1) is 15.1. The molecule has 1 heterocycles. The molecule has 116 valence electrons. The van der Waals surface area contributed by atoms with Gasteiger partial charge in [-0.25, -0.2) is 0 Å². The van der Waals surface area contributed by atoms with E-state index in [0.717, 1.165) is 25.3 Å². The SMILES string of the molecule is OCC1CNCCC1c1ccc(OCc2ccccc2)cc1. The van der Waals surface area contributed by atoms with Crippen molar-refractivity contribution < 1.29 is 9.84 Å². The summed E-state index contributed by atoms with van der Waals surface area (Å²) in [7, 11) is 0. The summed E-state index contributed by atoms with van der Waals surface area (Å²) in [6.07, 6.45) is 1.08. The van der Waals surface area contributed by atoms with Crippen LogP contribution in [0, 0.1) is 5.92 Å². The van der Waals surface area contributed by atoms with E-state index < -0.39 is 0 Å².